The molecule has 0 spiro atoms. The first-order chi connectivity index (χ1) is 14.8. The molecule has 0 saturated carbocycles. The number of piperidine rings is 1. The molecule has 166 valence electrons. The van der Waals surface area contributed by atoms with Gasteiger partial charge in [-0.05, 0) is 62.2 Å². The second-order valence-electron chi connectivity index (χ2n) is 7.67. The van der Waals surface area contributed by atoms with E-state index in [4.69, 9.17) is 21.1 Å². The van der Waals surface area contributed by atoms with Crippen molar-refractivity contribution in [3.63, 3.8) is 0 Å². The lowest BCUT2D eigenvalue weighted by molar-refractivity contribution is 0.0832. The summed E-state index contributed by atoms with van der Waals surface area (Å²) in [7, 11) is 0. The smallest absolute Gasteiger partial charge is 0.217 e. The Hall–Kier alpha value is -1.92. The second-order valence-corrected chi connectivity index (χ2v) is 8.03. The zero-order valence-corrected chi connectivity index (χ0v) is 19.1. The molecule has 7 heteroatoms. The maximum atomic E-state index is 6.15. The topological polar surface area (TPSA) is 56.3 Å². The molecule has 5 rings (SSSR count). The van der Waals surface area contributed by atoms with Crippen LogP contribution in [0.1, 0.15) is 37.2 Å². The summed E-state index contributed by atoms with van der Waals surface area (Å²) in [5, 5.41) is 6.08. The van der Waals surface area contributed by atoms with Gasteiger partial charge in [-0.15, -0.1) is 12.4 Å². The van der Waals surface area contributed by atoms with Gasteiger partial charge in [0.1, 0.15) is 11.3 Å². The highest BCUT2D eigenvalue weighted by molar-refractivity contribution is 6.34. The predicted molar refractivity (Wildman–Crippen MR) is 128 cm³/mol. The van der Waals surface area contributed by atoms with Crippen LogP contribution in [0.25, 0.3) is 10.8 Å². The Kier molecular flexibility index (Phi) is 9.34. The number of rotatable bonds is 3. The zero-order valence-electron chi connectivity index (χ0n) is 17.5. The second kappa shape index (κ2) is 12.2. The molecule has 2 aliphatic heterocycles. The first-order valence-electron chi connectivity index (χ1n) is 10.7. The van der Waals surface area contributed by atoms with Crippen molar-refractivity contribution in [1.82, 2.24) is 15.3 Å². The average Bonchev–Trinajstić information content (AvgIpc) is 2.82. The van der Waals surface area contributed by atoms with Crippen LogP contribution in [0.2, 0.25) is 5.15 Å². The molecule has 0 aliphatic carbocycles. The molecule has 2 fully saturated rings. The van der Waals surface area contributed by atoms with Crippen LogP contribution < -0.4 is 10.1 Å². The molecule has 0 radical (unpaired) electrons. The lowest BCUT2D eigenvalue weighted by Crippen LogP contribution is -2.34. The fourth-order valence-corrected chi connectivity index (χ4v) is 4.20. The highest BCUT2D eigenvalue weighted by Crippen LogP contribution is 2.33. The van der Waals surface area contributed by atoms with Crippen LogP contribution in [0.4, 0.5) is 0 Å². The quantitative estimate of drug-likeness (QED) is 0.527. The van der Waals surface area contributed by atoms with Crippen molar-refractivity contribution in [1.29, 1.82) is 0 Å². The van der Waals surface area contributed by atoms with Crippen LogP contribution in [0.3, 0.4) is 0 Å². The van der Waals surface area contributed by atoms with Gasteiger partial charge in [0.25, 0.3) is 0 Å². The summed E-state index contributed by atoms with van der Waals surface area (Å²) in [6.45, 7) is 3.80. The molecule has 0 atom stereocenters. The monoisotopic (exact) mass is 461 g/mol. The van der Waals surface area contributed by atoms with E-state index in [1.165, 1.54) is 5.56 Å². The summed E-state index contributed by atoms with van der Waals surface area (Å²) in [4.78, 5) is 8.44. The van der Waals surface area contributed by atoms with Crippen LogP contribution in [-0.2, 0) is 4.74 Å². The van der Waals surface area contributed by atoms with Crippen molar-refractivity contribution in [2.24, 2.45) is 0 Å². The van der Waals surface area contributed by atoms with E-state index in [0.29, 0.717) is 17.2 Å². The molecule has 31 heavy (non-hydrogen) atoms. The molecular weight excluding hydrogens is 433 g/mol. The Bertz CT molecular complexity index is 940. The van der Waals surface area contributed by atoms with Gasteiger partial charge < -0.3 is 14.8 Å². The van der Waals surface area contributed by atoms with Crippen molar-refractivity contribution in [2.75, 3.05) is 26.3 Å². The van der Waals surface area contributed by atoms with Gasteiger partial charge in [0.2, 0.25) is 5.88 Å². The van der Waals surface area contributed by atoms with Crippen molar-refractivity contribution >= 4 is 34.8 Å². The number of pyridine rings is 2. The fourth-order valence-electron chi connectivity index (χ4n) is 3.97. The molecule has 5 nitrogen and oxygen atoms in total. The number of nitrogens with one attached hydrogen (secondary N) is 1. The van der Waals surface area contributed by atoms with Gasteiger partial charge in [0.05, 0.1) is 0 Å². The van der Waals surface area contributed by atoms with Crippen LogP contribution >= 0.6 is 24.0 Å². The SMILES string of the molecule is Cl.Clc1nccc2ccccc12.c1cnc(OC2CCNCC2)c(C2CCOCC2)c1. The summed E-state index contributed by atoms with van der Waals surface area (Å²) in [5.41, 5.74) is 1.27. The minimum Gasteiger partial charge on any atom is -0.474 e. The van der Waals surface area contributed by atoms with Gasteiger partial charge in [0.15, 0.2) is 0 Å². The molecule has 4 heterocycles. The number of aromatic nitrogens is 2. The minimum absolute atomic E-state index is 0. The normalized spacial score (nSPS) is 17.3. The van der Waals surface area contributed by atoms with Gasteiger partial charge >= 0.3 is 0 Å². The lowest BCUT2D eigenvalue weighted by atomic mass is 9.92. The summed E-state index contributed by atoms with van der Waals surface area (Å²) < 4.78 is 11.6. The summed E-state index contributed by atoms with van der Waals surface area (Å²) >= 11 is 5.85. The minimum atomic E-state index is 0. The summed E-state index contributed by atoms with van der Waals surface area (Å²) in [6.07, 6.45) is 8.16. The summed E-state index contributed by atoms with van der Waals surface area (Å²) in [6, 6.07) is 14.0. The van der Waals surface area contributed by atoms with Gasteiger partial charge in [-0.1, -0.05) is 41.9 Å². The van der Waals surface area contributed by atoms with E-state index in [9.17, 15) is 0 Å². The molecule has 2 aliphatic rings. The van der Waals surface area contributed by atoms with E-state index in [-0.39, 0.29) is 12.4 Å². The Morgan fingerprint density at radius 1 is 0.903 bits per heavy atom. The third-order valence-corrected chi connectivity index (χ3v) is 5.95. The van der Waals surface area contributed by atoms with E-state index in [2.05, 4.69) is 21.4 Å². The van der Waals surface area contributed by atoms with Gasteiger partial charge in [-0.2, -0.15) is 0 Å². The average molecular weight is 462 g/mol. The first-order valence-corrected chi connectivity index (χ1v) is 11.1. The standard InChI is InChI=1S/C15H22N2O2.C9H6ClN.ClH/c1-2-14(12-5-10-18-11-6-12)15(17-7-1)19-13-3-8-16-9-4-13;10-9-8-4-2-1-3-7(8)5-6-11-9;/h1-2,7,12-13,16H,3-6,8-11H2;1-6H;1H. The number of nitrogens with zero attached hydrogens (tertiary/aromatic N) is 2. The van der Waals surface area contributed by atoms with Crippen molar-refractivity contribution in [3.8, 4) is 5.88 Å². The Balaban J connectivity index is 0.000000194. The predicted octanol–water partition coefficient (Wildman–Crippen LogP) is 5.42. The van der Waals surface area contributed by atoms with Crippen molar-refractivity contribution in [2.45, 2.75) is 37.7 Å². The maximum Gasteiger partial charge on any atom is 0.217 e. The number of ether oxygens (including phenoxy) is 2. The molecule has 0 unspecified atom stereocenters. The third kappa shape index (κ3) is 6.53. The Morgan fingerprint density at radius 3 is 2.45 bits per heavy atom. The lowest BCUT2D eigenvalue weighted by Gasteiger charge is -2.27. The Labute approximate surface area is 194 Å². The van der Waals surface area contributed by atoms with Crippen LogP contribution in [0.5, 0.6) is 5.88 Å². The van der Waals surface area contributed by atoms with E-state index in [1.807, 2.05) is 42.6 Å². The maximum absolute atomic E-state index is 6.15. The molecule has 2 aromatic heterocycles. The van der Waals surface area contributed by atoms with Crippen molar-refractivity contribution < 1.29 is 9.47 Å². The number of hydrogen-bond acceptors (Lipinski definition) is 5. The van der Waals surface area contributed by atoms with E-state index < -0.39 is 0 Å². The largest absolute Gasteiger partial charge is 0.474 e. The van der Waals surface area contributed by atoms with Crippen LogP contribution in [-0.4, -0.2) is 42.4 Å². The molecule has 3 aromatic rings. The van der Waals surface area contributed by atoms with E-state index in [0.717, 1.165) is 68.6 Å². The highest BCUT2D eigenvalue weighted by atomic mass is 35.5. The molecule has 0 amide bonds. The molecule has 1 N–H and O–H groups in total. The van der Waals surface area contributed by atoms with Gasteiger partial charge in [-0.3, -0.25) is 0 Å². The zero-order chi connectivity index (χ0) is 20.6. The summed E-state index contributed by atoms with van der Waals surface area (Å²) in [5.74, 6) is 1.39. The van der Waals surface area contributed by atoms with E-state index >= 15 is 0 Å². The van der Waals surface area contributed by atoms with Gasteiger partial charge in [0, 0.05) is 36.6 Å². The number of hydrogen-bond donors (Lipinski definition) is 1. The molecule has 1 aromatic carbocycles. The highest BCUT2D eigenvalue weighted by Gasteiger charge is 2.22. The Morgan fingerprint density at radius 2 is 1.68 bits per heavy atom. The fraction of sp³-hybridized carbons (Fsp3) is 0.417. The number of benzene rings is 1. The van der Waals surface area contributed by atoms with Crippen LogP contribution in [0, 0.1) is 0 Å². The first kappa shape index (κ1) is 23.7. The third-order valence-electron chi connectivity index (χ3n) is 5.65. The molecule has 2 saturated heterocycles. The van der Waals surface area contributed by atoms with Gasteiger partial charge in [-0.25, -0.2) is 9.97 Å². The molecule has 0 bridgehead atoms. The number of fused-ring (bicyclic) bond motifs is 1. The number of halogens is 2. The van der Waals surface area contributed by atoms with Crippen molar-refractivity contribution in [3.05, 3.63) is 65.6 Å². The van der Waals surface area contributed by atoms with Crippen LogP contribution in [0.15, 0.2) is 54.9 Å². The van der Waals surface area contributed by atoms with E-state index in [1.54, 1.807) is 6.20 Å². The molecular formula is C24H29Cl2N3O2.